The van der Waals surface area contributed by atoms with Crippen LogP contribution in [0.15, 0.2) is 0 Å². The van der Waals surface area contributed by atoms with Crippen LogP contribution in [0.2, 0.25) is 0 Å². The maximum Gasteiger partial charge on any atom is 0.326 e. The molecular formula is C9H17N3O4. The van der Waals surface area contributed by atoms with Crippen LogP contribution in [0.5, 0.6) is 0 Å². The lowest BCUT2D eigenvalue weighted by molar-refractivity contribution is -0.142. The molecule has 0 saturated heterocycles. The third-order valence-electron chi connectivity index (χ3n) is 1.85. The summed E-state index contributed by atoms with van der Waals surface area (Å²) < 4.78 is 0. The number of carbonyl (C=O) groups excluding carboxylic acids is 2. The summed E-state index contributed by atoms with van der Waals surface area (Å²) in [5.41, 5.74) is 4.89. The highest BCUT2D eigenvalue weighted by Crippen LogP contribution is 1.97. The molecule has 1 atom stereocenters. The zero-order valence-electron chi connectivity index (χ0n) is 9.16. The van der Waals surface area contributed by atoms with Crippen LogP contribution in [0.1, 0.15) is 19.8 Å². The summed E-state index contributed by atoms with van der Waals surface area (Å²) in [5, 5.41) is 13.8. The van der Waals surface area contributed by atoms with Crippen molar-refractivity contribution < 1.29 is 19.5 Å². The van der Waals surface area contributed by atoms with Gasteiger partial charge in [-0.25, -0.2) is 4.79 Å². The fraction of sp³-hybridized carbons (Fsp3) is 0.667. The highest BCUT2D eigenvalue weighted by molar-refractivity contribution is 5.85. The monoisotopic (exact) mass is 231 g/mol. The van der Waals surface area contributed by atoms with Crippen molar-refractivity contribution in [1.82, 2.24) is 10.6 Å². The second-order valence-electron chi connectivity index (χ2n) is 3.24. The lowest BCUT2D eigenvalue weighted by atomic mass is 10.1. The van der Waals surface area contributed by atoms with E-state index >= 15 is 0 Å². The van der Waals surface area contributed by atoms with Gasteiger partial charge in [0.1, 0.15) is 6.04 Å². The molecule has 0 aliphatic heterocycles. The maximum atomic E-state index is 11.2. The first-order valence-electron chi connectivity index (χ1n) is 4.98. The Bertz CT molecular complexity index is 267. The third-order valence-corrected chi connectivity index (χ3v) is 1.85. The summed E-state index contributed by atoms with van der Waals surface area (Å²) in [4.78, 5) is 32.4. The molecule has 7 nitrogen and oxygen atoms in total. The molecule has 5 N–H and O–H groups in total. The standard InChI is InChI=1S/C9H17N3O4/c1-2-11-5-8(14)12-6(9(15)16)3-4-7(10)13/h6,11H,2-5H2,1H3,(H2,10,13)(H,12,14)(H,15,16). The van der Waals surface area contributed by atoms with Crippen LogP contribution in [0.4, 0.5) is 0 Å². The molecule has 0 bridgehead atoms. The minimum atomic E-state index is -1.17. The number of likely N-dealkylation sites (N-methyl/N-ethyl adjacent to an activating group) is 1. The molecule has 0 spiro atoms. The molecule has 0 fully saturated rings. The molecule has 92 valence electrons. The second-order valence-corrected chi connectivity index (χ2v) is 3.24. The highest BCUT2D eigenvalue weighted by Gasteiger charge is 2.19. The molecule has 0 radical (unpaired) electrons. The number of primary amides is 1. The number of amides is 2. The molecule has 16 heavy (non-hydrogen) atoms. The van der Waals surface area contributed by atoms with E-state index < -0.39 is 23.8 Å². The molecule has 0 aliphatic rings. The fourth-order valence-corrected chi connectivity index (χ4v) is 1.03. The van der Waals surface area contributed by atoms with E-state index in [1.54, 1.807) is 0 Å². The largest absolute Gasteiger partial charge is 0.480 e. The lowest BCUT2D eigenvalue weighted by Gasteiger charge is -2.13. The van der Waals surface area contributed by atoms with Crippen molar-refractivity contribution in [3.63, 3.8) is 0 Å². The smallest absolute Gasteiger partial charge is 0.326 e. The minimum absolute atomic E-state index is 0.00251. The van der Waals surface area contributed by atoms with Gasteiger partial charge < -0.3 is 21.5 Å². The van der Waals surface area contributed by atoms with Gasteiger partial charge in [0, 0.05) is 6.42 Å². The van der Waals surface area contributed by atoms with Gasteiger partial charge in [0.25, 0.3) is 0 Å². The molecular weight excluding hydrogens is 214 g/mol. The number of rotatable bonds is 8. The molecule has 1 unspecified atom stereocenters. The van der Waals surface area contributed by atoms with Gasteiger partial charge in [-0.05, 0) is 13.0 Å². The van der Waals surface area contributed by atoms with Gasteiger partial charge in [-0.1, -0.05) is 6.92 Å². The quantitative estimate of drug-likeness (QED) is 0.402. The van der Waals surface area contributed by atoms with Gasteiger partial charge in [0.15, 0.2) is 0 Å². The van der Waals surface area contributed by atoms with E-state index in [1.165, 1.54) is 0 Å². The number of carbonyl (C=O) groups is 3. The molecule has 0 aliphatic carbocycles. The van der Waals surface area contributed by atoms with Crippen molar-refractivity contribution in [3.8, 4) is 0 Å². The number of carboxylic acid groups (broad SMARTS) is 1. The number of nitrogens with two attached hydrogens (primary N) is 1. The number of hydrogen-bond acceptors (Lipinski definition) is 4. The zero-order valence-corrected chi connectivity index (χ0v) is 9.16. The van der Waals surface area contributed by atoms with Crippen molar-refractivity contribution in [1.29, 1.82) is 0 Å². The van der Waals surface area contributed by atoms with Crippen LogP contribution in [0.25, 0.3) is 0 Å². The Morgan fingerprint density at radius 2 is 2.00 bits per heavy atom. The highest BCUT2D eigenvalue weighted by atomic mass is 16.4. The molecule has 0 aromatic rings. The van der Waals surface area contributed by atoms with E-state index in [1.807, 2.05) is 6.92 Å². The number of hydrogen-bond donors (Lipinski definition) is 4. The van der Waals surface area contributed by atoms with E-state index in [0.29, 0.717) is 6.54 Å². The molecule has 2 amide bonds. The molecule has 0 aromatic heterocycles. The van der Waals surface area contributed by atoms with E-state index in [2.05, 4.69) is 10.6 Å². The van der Waals surface area contributed by atoms with E-state index in [9.17, 15) is 14.4 Å². The molecule has 0 saturated carbocycles. The Labute approximate surface area is 93.4 Å². The Kier molecular flexibility index (Phi) is 6.86. The summed E-state index contributed by atoms with van der Waals surface area (Å²) in [6.07, 6.45) is -0.0685. The van der Waals surface area contributed by atoms with Crippen LogP contribution < -0.4 is 16.4 Å². The average molecular weight is 231 g/mol. The maximum absolute atomic E-state index is 11.2. The number of aliphatic carboxylic acids is 1. The predicted octanol–water partition coefficient (Wildman–Crippen LogP) is -1.57. The van der Waals surface area contributed by atoms with Crippen LogP contribution in [-0.4, -0.2) is 42.0 Å². The van der Waals surface area contributed by atoms with Gasteiger partial charge in [-0.15, -0.1) is 0 Å². The SMILES string of the molecule is CCNCC(=O)NC(CCC(N)=O)C(=O)O. The van der Waals surface area contributed by atoms with Crippen LogP contribution in [-0.2, 0) is 14.4 Å². The van der Waals surface area contributed by atoms with Gasteiger partial charge in [-0.2, -0.15) is 0 Å². The Morgan fingerprint density at radius 3 is 2.44 bits per heavy atom. The summed E-state index contributed by atoms with van der Waals surface area (Å²) in [6.45, 7) is 2.50. The molecule has 7 heteroatoms. The predicted molar refractivity (Wildman–Crippen MR) is 56.5 cm³/mol. The number of carboxylic acids is 1. The van der Waals surface area contributed by atoms with Crippen LogP contribution >= 0.6 is 0 Å². The number of nitrogens with one attached hydrogen (secondary N) is 2. The lowest BCUT2D eigenvalue weighted by Crippen LogP contribution is -2.44. The Balaban J connectivity index is 4.07. The normalized spacial score (nSPS) is 11.8. The third kappa shape index (κ3) is 6.77. The first kappa shape index (κ1) is 14.4. The van der Waals surface area contributed by atoms with Gasteiger partial charge in [0.2, 0.25) is 11.8 Å². The first-order valence-corrected chi connectivity index (χ1v) is 4.98. The van der Waals surface area contributed by atoms with Crippen molar-refractivity contribution >= 4 is 17.8 Å². The first-order chi connectivity index (χ1) is 7.47. The van der Waals surface area contributed by atoms with E-state index in [0.717, 1.165) is 0 Å². The fourth-order valence-electron chi connectivity index (χ4n) is 1.03. The summed E-state index contributed by atoms with van der Waals surface area (Å²) in [6, 6.07) is -1.07. The van der Waals surface area contributed by atoms with Crippen LogP contribution in [0, 0.1) is 0 Å². The van der Waals surface area contributed by atoms with Crippen molar-refractivity contribution in [2.24, 2.45) is 5.73 Å². The summed E-state index contributed by atoms with van der Waals surface area (Å²) >= 11 is 0. The van der Waals surface area contributed by atoms with Gasteiger partial charge >= 0.3 is 5.97 Å². The molecule has 0 heterocycles. The van der Waals surface area contributed by atoms with Gasteiger partial charge in [-0.3, -0.25) is 9.59 Å². The molecule has 0 rings (SSSR count). The molecule has 0 aromatic carbocycles. The topological polar surface area (TPSA) is 122 Å². The average Bonchev–Trinajstić information content (AvgIpc) is 2.20. The van der Waals surface area contributed by atoms with E-state index in [-0.39, 0.29) is 19.4 Å². The van der Waals surface area contributed by atoms with Crippen molar-refractivity contribution in [2.75, 3.05) is 13.1 Å². The zero-order chi connectivity index (χ0) is 12.6. The second kappa shape index (κ2) is 7.63. The summed E-state index contributed by atoms with van der Waals surface area (Å²) in [7, 11) is 0. The van der Waals surface area contributed by atoms with E-state index in [4.69, 9.17) is 10.8 Å². The minimum Gasteiger partial charge on any atom is -0.480 e. The van der Waals surface area contributed by atoms with Crippen LogP contribution in [0.3, 0.4) is 0 Å². The Hall–Kier alpha value is -1.63. The van der Waals surface area contributed by atoms with Gasteiger partial charge in [0.05, 0.1) is 6.54 Å². The summed E-state index contributed by atoms with van der Waals surface area (Å²) in [5.74, 6) is -2.18. The Morgan fingerprint density at radius 1 is 1.38 bits per heavy atom. The van der Waals surface area contributed by atoms with Crippen molar-refractivity contribution in [2.45, 2.75) is 25.8 Å². The van der Waals surface area contributed by atoms with Crippen molar-refractivity contribution in [3.05, 3.63) is 0 Å².